The maximum Gasteiger partial charge on any atom is 0.217 e. The number of nitrogens with zero attached hydrogens (tertiary/aromatic N) is 2. The molecule has 116 valence electrons. The van der Waals surface area contributed by atoms with Crippen molar-refractivity contribution in [3.63, 3.8) is 0 Å². The third-order valence-electron chi connectivity index (χ3n) is 4.11. The molecule has 3 rings (SSSR count). The molecule has 1 atom stereocenters. The third-order valence-corrected chi connectivity index (χ3v) is 4.11. The maximum atomic E-state index is 13.5. The molecule has 1 N–H and O–H groups in total. The summed E-state index contributed by atoms with van der Waals surface area (Å²) in [4.78, 5) is 11.5. The first-order chi connectivity index (χ1) is 10.4. The molecule has 4 nitrogen and oxygen atoms in total. The Bertz CT molecular complexity index is 720. The van der Waals surface area contributed by atoms with E-state index >= 15 is 0 Å². The smallest absolute Gasteiger partial charge is 0.217 e. The molecular weight excluding hydrogens is 281 g/mol. The fourth-order valence-corrected chi connectivity index (χ4v) is 3.25. The van der Waals surface area contributed by atoms with Crippen molar-refractivity contribution in [2.45, 2.75) is 39.7 Å². The van der Waals surface area contributed by atoms with E-state index in [-0.39, 0.29) is 23.2 Å². The third kappa shape index (κ3) is 2.75. The van der Waals surface area contributed by atoms with Gasteiger partial charge in [0, 0.05) is 12.5 Å². The predicted molar refractivity (Wildman–Crippen MR) is 82.2 cm³/mol. The number of amides is 1. The lowest BCUT2D eigenvalue weighted by Gasteiger charge is -2.35. The van der Waals surface area contributed by atoms with Crippen molar-refractivity contribution in [3.05, 3.63) is 47.5 Å². The van der Waals surface area contributed by atoms with E-state index in [0.717, 1.165) is 24.1 Å². The summed E-state index contributed by atoms with van der Waals surface area (Å²) in [6, 6.07) is 6.37. The van der Waals surface area contributed by atoms with Crippen LogP contribution in [-0.2, 0) is 11.2 Å². The first-order valence-electron chi connectivity index (χ1n) is 7.45. The van der Waals surface area contributed by atoms with Crippen LogP contribution in [0, 0.1) is 11.2 Å². The Morgan fingerprint density at radius 1 is 1.45 bits per heavy atom. The van der Waals surface area contributed by atoms with Crippen molar-refractivity contribution in [2.75, 3.05) is 0 Å². The number of hydrogen-bond acceptors (Lipinski definition) is 2. The van der Waals surface area contributed by atoms with Crippen molar-refractivity contribution >= 4 is 5.91 Å². The van der Waals surface area contributed by atoms with Gasteiger partial charge in [-0.1, -0.05) is 19.9 Å². The summed E-state index contributed by atoms with van der Waals surface area (Å²) in [6.45, 7) is 5.87. The Labute approximate surface area is 129 Å². The highest BCUT2D eigenvalue weighted by molar-refractivity contribution is 5.73. The average molecular weight is 301 g/mol. The molecule has 0 aliphatic heterocycles. The highest BCUT2D eigenvalue weighted by Gasteiger charge is 2.35. The number of nitrogens with one attached hydrogen (secondary N) is 1. The Morgan fingerprint density at radius 3 is 2.91 bits per heavy atom. The zero-order valence-electron chi connectivity index (χ0n) is 13.1. The van der Waals surface area contributed by atoms with E-state index in [4.69, 9.17) is 0 Å². The summed E-state index contributed by atoms with van der Waals surface area (Å²) in [7, 11) is 0. The number of carbonyl (C=O) groups excluding carboxylic acids is 1. The van der Waals surface area contributed by atoms with Gasteiger partial charge in [0.25, 0.3) is 0 Å². The Kier molecular flexibility index (Phi) is 3.51. The molecule has 1 aromatic carbocycles. The first-order valence-corrected chi connectivity index (χ1v) is 7.45. The van der Waals surface area contributed by atoms with E-state index in [2.05, 4.69) is 24.3 Å². The molecule has 1 aliphatic rings. The molecule has 0 fully saturated rings. The summed E-state index contributed by atoms with van der Waals surface area (Å²) in [5, 5.41) is 7.43. The van der Waals surface area contributed by atoms with Gasteiger partial charge in [0.05, 0.1) is 23.6 Å². The predicted octanol–water partition coefficient (Wildman–Crippen LogP) is 3.16. The zero-order valence-corrected chi connectivity index (χ0v) is 13.1. The van der Waals surface area contributed by atoms with Crippen LogP contribution >= 0.6 is 0 Å². The SMILES string of the molecule is CC(=O)N[C@@H]1CC(C)(C)Cc2c1cnn2-c1cccc(F)c1. The molecule has 0 unspecified atom stereocenters. The van der Waals surface area contributed by atoms with Gasteiger partial charge in [-0.15, -0.1) is 0 Å². The number of benzene rings is 1. The van der Waals surface area contributed by atoms with Crippen LogP contribution in [0.2, 0.25) is 0 Å². The standard InChI is InChI=1S/C17H20FN3O/c1-11(22)20-15-8-17(2,3)9-16-14(15)10-19-21(16)13-6-4-5-12(18)7-13/h4-7,10,15H,8-9H2,1-3H3,(H,20,22)/t15-/m1/s1. The van der Waals surface area contributed by atoms with E-state index in [1.807, 2.05) is 6.07 Å². The molecule has 22 heavy (non-hydrogen) atoms. The maximum absolute atomic E-state index is 13.5. The van der Waals surface area contributed by atoms with Gasteiger partial charge in [-0.05, 0) is 36.5 Å². The Morgan fingerprint density at radius 2 is 2.23 bits per heavy atom. The van der Waals surface area contributed by atoms with Gasteiger partial charge in [0.2, 0.25) is 5.91 Å². The van der Waals surface area contributed by atoms with Crippen molar-refractivity contribution in [1.82, 2.24) is 15.1 Å². The van der Waals surface area contributed by atoms with Crippen LogP contribution in [0.15, 0.2) is 30.5 Å². The van der Waals surface area contributed by atoms with Crippen LogP contribution in [-0.4, -0.2) is 15.7 Å². The number of hydrogen-bond donors (Lipinski definition) is 1. The van der Waals surface area contributed by atoms with E-state index in [1.165, 1.54) is 19.1 Å². The summed E-state index contributed by atoms with van der Waals surface area (Å²) < 4.78 is 15.3. The second-order valence-corrected chi connectivity index (χ2v) is 6.74. The molecule has 0 radical (unpaired) electrons. The van der Waals surface area contributed by atoms with Crippen molar-refractivity contribution in [3.8, 4) is 5.69 Å². The van der Waals surface area contributed by atoms with Crippen molar-refractivity contribution in [2.24, 2.45) is 5.41 Å². The Hall–Kier alpha value is -2.17. The minimum absolute atomic E-state index is 0.0430. The van der Waals surface area contributed by atoms with Crippen LogP contribution in [0.5, 0.6) is 0 Å². The molecule has 1 aromatic heterocycles. The van der Waals surface area contributed by atoms with Gasteiger partial charge < -0.3 is 5.32 Å². The van der Waals surface area contributed by atoms with Crippen LogP contribution in [0.1, 0.15) is 44.5 Å². The lowest BCUT2D eigenvalue weighted by Crippen LogP contribution is -2.35. The van der Waals surface area contributed by atoms with E-state index in [9.17, 15) is 9.18 Å². The van der Waals surface area contributed by atoms with E-state index < -0.39 is 0 Å². The number of fused-ring (bicyclic) bond motifs is 1. The van der Waals surface area contributed by atoms with E-state index in [1.54, 1.807) is 16.9 Å². The molecule has 0 saturated carbocycles. The van der Waals surface area contributed by atoms with Gasteiger partial charge in [-0.3, -0.25) is 4.79 Å². The molecule has 0 bridgehead atoms. The molecule has 1 heterocycles. The first kappa shape index (κ1) is 14.8. The molecule has 1 amide bonds. The molecule has 0 spiro atoms. The normalized spacial score (nSPS) is 19.5. The second kappa shape index (κ2) is 5.23. The van der Waals surface area contributed by atoms with Crippen LogP contribution in [0.4, 0.5) is 4.39 Å². The molecular formula is C17H20FN3O. The minimum atomic E-state index is -0.282. The number of carbonyl (C=O) groups is 1. The molecule has 0 saturated heterocycles. The van der Waals surface area contributed by atoms with Gasteiger partial charge >= 0.3 is 0 Å². The lowest BCUT2D eigenvalue weighted by molar-refractivity contribution is -0.120. The summed E-state index contributed by atoms with van der Waals surface area (Å²) in [6.07, 6.45) is 3.50. The number of rotatable bonds is 2. The Balaban J connectivity index is 2.07. The quantitative estimate of drug-likeness (QED) is 0.926. The van der Waals surface area contributed by atoms with Crippen LogP contribution in [0.3, 0.4) is 0 Å². The fraction of sp³-hybridized carbons (Fsp3) is 0.412. The molecule has 1 aliphatic carbocycles. The largest absolute Gasteiger partial charge is 0.349 e. The summed E-state index contributed by atoms with van der Waals surface area (Å²) in [5.74, 6) is -0.331. The van der Waals surface area contributed by atoms with Gasteiger partial charge in [0.1, 0.15) is 5.82 Å². The topological polar surface area (TPSA) is 46.9 Å². The zero-order chi connectivity index (χ0) is 15.9. The second-order valence-electron chi connectivity index (χ2n) is 6.74. The number of aromatic nitrogens is 2. The van der Waals surface area contributed by atoms with Crippen molar-refractivity contribution in [1.29, 1.82) is 0 Å². The summed E-state index contributed by atoms with van der Waals surface area (Å²) in [5.41, 5.74) is 2.82. The average Bonchev–Trinajstić information content (AvgIpc) is 2.80. The lowest BCUT2D eigenvalue weighted by atomic mass is 9.74. The van der Waals surface area contributed by atoms with Crippen LogP contribution < -0.4 is 5.32 Å². The number of halogens is 1. The summed E-state index contributed by atoms with van der Waals surface area (Å²) >= 11 is 0. The van der Waals surface area contributed by atoms with Gasteiger partial charge in [-0.25, -0.2) is 9.07 Å². The van der Waals surface area contributed by atoms with Crippen molar-refractivity contribution < 1.29 is 9.18 Å². The highest BCUT2D eigenvalue weighted by atomic mass is 19.1. The monoisotopic (exact) mass is 301 g/mol. The highest BCUT2D eigenvalue weighted by Crippen LogP contribution is 2.41. The minimum Gasteiger partial charge on any atom is -0.349 e. The fourth-order valence-electron chi connectivity index (χ4n) is 3.25. The van der Waals surface area contributed by atoms with Gasteiger partial charge in [-0.2, -0.15) is 5.10 Å². The van der Waals surface area contributed by atoms with Crippen LogP contribution in [0.25, 0.3) is 5.69 Å². The van der Waals surface area contributed by atoms with E-state index in [0.29, 0.717) is 5.69 Å². The molecule has 2 aromatic rings. The van der Waals surface area contributed by atoms with Gasteiger partial charge in [0.15, 0.2) is 0 Å². The molecule has 5 heteroatoms.